The van der Waals surface area contributed by atoms with Crippen LogP contribution in [0.25, 0.3) is 0 Å². The van der Waals surface area contributed by atoms with E-state index in [0.29, 0.717) is 0 Å². The predicted octanol–water partition coefficient (Wildman–Crippen LogP) is 0.459. The number of hydrogen-bond acceptors (Lipinski definition) is 4. The fourth-order valence-electron chi connectivity index (χ4n) is 2.93. The molecule has 0 aliphatic carbocycles. The molecule has 0 amide bonds. The number of hydrogen-bond donors (Lipinski definition) is 2. The number of aliphatic hydroxyl groups excluding tert-OH is 1. The minimum atomic E-state index is -0.113. The third kappa shape index (κ3) is 3.65. The molecular weight excluding hydrogens is 216 g/mol. The Kier molecular flexibility index (Phi) is 4.79. The summed E-state index contributed by atoms with van der Waals surface area (Å²) < 4.78 is 5.60. The molecule has 2 N–H and O–H groups in total. The molecule has 2 aliphatic rings. The lowest BCUT2D eigenvalue weighted by molar-refractivity contribution is 0.109. The molecule has 2 rings (SSSR count). The molecule has 0 aromatic carbocycles. The number of likely N-dealkylation sites (tertiary alicyclic amines) is 1. The van der Waals surface area contributed by atoms with Crippen LogP contribution >= 0.6 is 0 Å². The van der Waals surface area contributed by atoms with E-state index in [2.05, 4.69) is 17.1 Å². The van der Waals surface area contributed by atoms with Gasteiger partial charge in [-0.3, -0.25) is 4.90 Å². The SMILES string of the molecule is CCCNCC1(CN2CCC(O)C2)CCOC1. The Morgan fingerprint density at radius 3 is 3.00 bits per heavy atom. The van der Waals surface area contributed by atoms with Crippen molar-refractivity contribution in [2.24, 2.45) is 5.41 Å². The topological polar surface area (TPSA) is 44.7 Å². The van der Waals surface area contributed by atoms with Gasteiger partial charge in [-0.15, -0.1) is 0 Å². The Morgan fingerprint density at radius 1 is 1.53 bits per heavy atom. The summed E-state index contributed by atoms with van der Waals surface area (Å²) in [5, 5.41) is 13.1. The first-order valence-electron chi connectivity index (χ1n) is 6.93. The highest BCUT2D eigenvalue weighted by Gasteiger charge is 2.37. The van der Waals surface area contributed by atoms with Crippen molar-refractivity contribution in [2.45, 2.75) is 32.3 Å². The van der Waals surface area contributed by atoms with E-state index in [1.165, 1.54) is 6.42 Å². The Bertz CT molecular complexity index is 229. The molecule has 4 heteroatoms. The zero-order chi connectivity index (χ0) is 12.1. The molecule has 2 atom stereocenters. The lowest BCUT2D eigenvalue weighted by Crippen LogP contribution is -2.44. The van der Waals surface area contributed by atoms with Crippen LogP contribution in [0.5, 0.6) is 0 Å². The molecule has 0 aromatic heterocycles. The van der Waals surface area contributed by atoms with Gasteiger partial charge in [0.25, 0.3) is 0 Å². The van der Waals surface area contributed by atoms with Gasteiger partial charge in [0.1, 0.15) is 0 Å². The van der Waals surface area contributed by atoms with Crippen LogP contribution in [0.15, 0.2) is 0 Å². The first-order chi connectivity index (χ1) is 8.24. The predicted molar refractivity (Wildman–Crippen MR) is 68.1 cm³/mol. The third-order valence-electron chi connectivity index (χ3n) is 3.92. The van der Waals surface area contributed by atoms with Crippen LogP contribution in [0.3, 0.4) is 0 Å². The first kappa shape index (κ1) is 13.3. The zero-order valence-corrected chi connectivity index (χ0v) is 11.0. The van der Waals surface area contributed by atoms with Crippen molar-refractivity contribution in [3.8, 4) is 0 Å². The summed E-state index contributed by atoms with van der Waals surface area (Å²) in [6, 6.07) is 0. The summed E-state index contributed by atoms with van der Waals surface area (Å²) in [7, 11) is 0. The normalized spacial score (nSPS) is 34.6. The molecule has 0 aromatic rings. The van der Waals surface area contributed by atoms with Crippen LogP contribution in [-0.2, 0) is 4.74 Å². The van der Waals surface area contributed by atoms with Gasteiger partial charge in [-0.25, -0.2) is 0 Å². The average Bonchev–Trinajstić information content (AvgIpc) is 2.90. The molecule has 2 aliphatic heterocycles. The van der Waals surface area contributed by atoms with Crippen molar-refractivity contribution < 1.29 is 9.84 Å². The van der Waals surface area contributed by atoms with Gasteiger partial charge in [0.05, 0.1) is 12.7 Å². The van der Waals surface area contributed by atoms with E-state index in [1.54, 1.807) is 0 Å². The molecule has 17 heavy (non-hydrogen) atoms. The summed E-state index contributed by atoms with van der Waals surface area (Å²) in [6.07, 6.45) is 3.15. The molecule has 0 spiro atoms. The number of nitrogens with one attached hydrogen (secondary N) is 1. The Balaban J connectivity index is 1.83. The van der Waals surface area contributed by atoms with E-state index < -0.39 is 0 Å². The Morgan fingerprint density at radius 2 is 2.41 bits per heavy atom. The number of ether oxygens (including phenoxy) is 1. The number of nitrogens with zero attached hydrogens (tertiary/aromatic N) is 1. The molecule has 100 valence electrons. The van der Waals surface area contributed by atoms with Gasteiger partial charge in [-0.2, -0.15) is 0 Å². The van der Waals surface area contributed by atoms with Crippen molar-refractivity contribution in [3.63, 3.8) is 0 Å². The van der Waals surface area contributed by atoms with Gasteiger partial charge in [0.15, 0.2) is 0 Å². The third-order valence-corrected chi connectivity index (χ3v) is 3.92. The largest absolute Gasteiger partial charge is 0.392 e. The lowest BCUT2D eigenvalue weighted by atomic mass is 9.86. The Labute approximate surface area is 104 Å². The summed E-state index contributed by atoms with van der Waals surface area (Å²) in [5.74, 6) is 0. The number of rotatable bonds is 6. The van der Waals surface area contributed by atoms with E-state index in [4.69, 9.17) is 4.74 Å². The van der Waals surface area contributed by atoms with Crippen LogP contribution < -0.4 is 5.32 Å². The maximum absolute atomic E-state index is 9.58. The van der Waals surface area contributed by atoms with Crippen molar-refractivity contribution >= 4 is 0 Å². The number of β-amino-alcohol motifs (C(OH)–C–C–N with tert-alkyl or cyclic N) is 1. The van der Waals surface area contributed by atoms with Gasteiger partial charge in [-0.05, 0) is 25.8 Å². The van der Waals surface area contributed by atoms with Crippen molar-refractivity contribution in [1.82, 2.24) is 10.2 Å². The monoisotopic (exact) mass is 242 g/mol. The van der Waals surface area contributed by atoms with Gasteiger partial charge in [0.2, 0.25) is 0 Å². The highest BCUT2D eigenvalue weighted by atomic mass is 16.5. The van der Waals surface area contributed by atoms with Crippen LogP contribution in [0.4, 0.5) is 0 Å². The molecule has 0 bridgehead atoms. The first-order valence-corrected chi connectivity index (χ1v) is 6.93. The van der Waals surface area contributed by atoms with Gasteiger partial charge >= 0.3 is 0 Å². The molecule has 2 fully saturated rings. The van der Waals surface area contributed by atoms with E-state index in [0.717, 1.165) is 58.8 Å². The molecular formula is C13H26N2O2. The molecule has 2 saturated heterocycles. The second kappa shape index (κ2) is 6.14. The molecule has 0 radical (unpaired) electrons. The van der Waals surface area contributed by atoms with Crippen LogP contribution in [-0.4, -0.2) is 62.0 Å². The van der Waals surface area contributed by atoms with E-state index in [1.807, 2.05) is 0 Å². The maximum atomic E-state index is 9.58. The fraction of sp³-hybridized carbons (Fsp3) is 1.00. The van der Waals surface area contributed by atoms with Crippen LogP contribution in [0.2, 0.25) is 0 Å². The summed E-state index contributed by atoms with van der Waals surface area (Å²) in [4.78, 5) is 2.40. The summed E-state index contributed by atoms with van der Waals surface area (Å²) in [6.45, 7) is 9.05. The second-order valence-electron chi connectivity index (χ2n) is 5.66. The van der Waals surface area contributed by atoms with Gasteiger partial charge in [0, 0.05) is 38.2 Å². The summed E-state index contributed by atoms with van der Waals surface area (Å²) >= 11 is 0. The second-order valence-corrected chi connectivity index (χ2v) is 5.66. The zero-order valence-electron chi connectivity index (χ0n) is 11.0. The minimum Gasteiger partial charge on any atom is -0.392 e. The molecule has 0 saturated carbocycles. The average molecular weight is 242 g/mol. The van der Waals surface area contributed by atoms with Crippen molar-refractivity contribution in [1.29, 1.82) is 0 Å². The fourth-order valence-corrected chi connectivity index (χ4v) is 2.93. The maximum Gasteiger partial charge on any atom is 0.0679 e. The standard InChI is InChI=1S/C13H26N2O2/c1-2-5-14-9-13(4-7-17-11-13)10-15-6-3-12(16)8-15/h12,14,16H,2-11H2,1H3. The minimum absolute atomic E-state index is 0.113. The van der Waals surface area contributed by atoms with Crippen molar-refractivity contribution in [3.05, 3.63) is 0 Å². The molecule has 4 nitrogen and oxygen atoms in total. The van der Waals surface area contributed by atoms with Crippen molar-refractivity contribution in [2.75, 3.05) is 45.9 Å². The summed E-state index contributed by atoms with van der Waals surface area (Å²) in [5.41, 5.74) is 0.277. The van der Waals surface area contributed by atoms with Crippen LogP contribution in [0.1, 0.15) is 26.2 Å². The molecule has 2 unspecified atom stereocenters. The van der Waals surface area contributed by atoms with Crippen LogP contribution in [0, 0.1) is 5.41 Å². The van der Waals surface area contributed by atoms with E-state index >= 15 is 0 Å². The Hall–Kier alpha value is -0.160. The van der Waals surface area contributed by atoms with Gasteiger partial charge in [-0.1, -0.05) is 6.92 Å². The highest BCUT2D eigenvalue weighted by Crippen LogP contribution is 2.30. The number of aliphatic hydroxyl groups is 1. The smallest absolute Gasteiger partial charge is 0.0679 e. The highest BCUT2D eigenvalue weighted by molar-refractivity contribution is 4.90. The van der Waals surface area contributed by atoms with E-state index in [9.17, 15) is 5.11 Å². The quantitative estimate of drug-likeness (QED) is 0.664. The molecule has 2 heterocycles. The van der Waals surface area contributed by atoms with E-state index in [-0.39, 0.29) is 11.5 Å². The lowest BCUT2D eigenvalue weighted by Gasteiger charge is -2.32. The van der Waals surface area contributed by atoms with Gasteiger partial charge < -0.3 is 15.2 Å².